The minimum atomic E-state index is -0.559. The van der Waals surface area contributed by atoms with Crippen molar-refractivity contribution in [3.8, 4) is 5.82 Å². The molecule has 0 saturated carbocycles. The Bertz CT molecular complexity index is 1300. The molecule has 0 aliphatic carbocycles. The van der Waals surface area contributed by atoms with Gasteiger partial charge >= 0.3 is 0 Å². The number of rotatable bonds is 8. The third-order valence-electron chi connectivity index (χ3n) is 4.80. The summed E-state index contributed by atoms with van der Waals surface area (Å²) in [5.74, 6) is 0.368. The first-order valence-corrected chi connectivity index (χ1v) is 10.8. The number of aromatic nitrogens is 4. The summed E-state index contributed by atoms with van der Waals surface area (Å²) >= 11 is 5.86. The lowest BCUT2D eigenvalue weighted by atomic mass is 10.1. The van der Waals surface area contributed by atoms with Crippen molar-refractivity contribution in [2.75, 3.05) is 17.2 Å². The van der Waals surface area contributed by atoms with Crippen molar-refractivity contribution >= 4 is 34.9 Å². The van der Waals surface area contributed by atoms with Crippen LogP contribution in [-0.4, -0.2) is 49.0 Å². The molecule has 0 spiro atoms. The molecule has 1 amide bonds. The van der Waals surface area contributed by atoms with E-state index in [9.17, 15) is 14.7 Å². The molecule has 2 heterocycles. The molecule has 1 atom stereocenters. The molecule has 3 N–H and O–H groups in total. The number of ketones is 1. The van der Waals surface area contributed by atoms with Gasteiger partial charge in [0.05, 0.1) is 6.10 Å². The van der Waals surface area contributed by atoms with Crippen LogP contribution in [0.5, 0.6) is 0 Å². The molecule has 2 aromatic carbocycles. The Morgan fingerprint density at radius 2 is 1.71 bits per heavy atom. The van der Waals surface area contributed by atoms with Gasteiger partial charge in [0, 0.05) is 47.0 Å². The summed E-state index contributed by atoms with van der Waals surface area (Å²) in [5.41, 5.74) is 1.42. The third kappa shape index (κ3) is 5.45. The molecule has 34 heavy (non-hydrogen) atoms. The molecule has 0 fully saturated rings. The van der Waals surface area contributed by atoms with E-state index in [1.165, 1.54) is 6.20 Å². The predicted molar refractivity (Wildman–Crippen MR) is 129 cm³/mol. The van der Waals surface area contributed by atoms with Gasteiger partial charge in [-0.05, 0) is 61.5 Å². The van der Waals surface area contributed by atoms with Gasteiger partial charge in [0.15, 0.2) is 5.82 Å². The van der Waals surface area contributed by atoms with E-state index in [1.807, 2.05) is 0 Å². The van der Waals surface area contributed by atoms with Crippen molar-refractivity contribution in [3.63, 3.8) is 0 Å². The highest BCUT2D eigenvalue weighted by atomic mass is 35.5. The zero-order chi connectivity index (χ0) is 24.1. The molecule has 172 valence electrons. The summed E-state index contributed by atoms with van der Waals surface area (Å²) in [5, 5.41) is 15.7. The number of benzene rings is 2. The largest absolute Gasteiger partial charge is 0.392 e. The fourth-order valence-electron chi connectivity index (χ4n) is 3.10. The van der Waals surface area contributed by atoms with Crippen LogP contribution in [0.4, 0.5) is 11.6 Å². The Morgan fingerprint density at radius 3 is 2.41 bits per heavy atom. The number of hydrogen-bond acceptors (Lipinski definition) is 7. The van der Waals surface area contributed by atoms with Crippen molar-refractivity contribution in [3.05, 3.63) is 95.2 Å². The SMILES string of the molecule is C[C@H](O)CNc1nccc(-n2ccnc2C(=O)c2ccc(NC(=O)c3ccc(Cl)cc3)cc2)n1. The number of carbonyl (C=O) groups excluding carboxylic acids is 2. The maximum Gasteiger partial charge on any atom is 0.255 e. The highest BCUT2D eigenvalue weighted by Gasteiger charge is 2.17. The van der Waals surface area contributed by atoms with Crippen LogP contribution >= 0.6 is 11.6 Å². The van der Waals surface area contributed by atoms with Gasteiger partial charge in [-0.15, -0.1) is 0 Å². The average molecular weight is 477 g/mol. The molecular formula is C24H21ClN6O3. The monoisotopic (exact) mass is 476 g/mol. The van der Waals surface area contributed by atoms with Crippen LogP contribution in [0.15, 0.2) is 73.2 Å². The van der Waals surface area contributed by atoms with Crippen molar-refractivity contribution in [1.29, 1.82) is 0 Å². The van der Waals surface area contributed by atoms with E-state index in [2.05, 4.69) is 25.6 Å². The van der Waals surface area contributed by atoms with Gasteiger partial charge in [-0.3, -0.25) is 14.2 Å². The first kappa shape index (κ1) is 23.1. The molecule has 10 heteroatoms. The second-order valence-corrected chi connectivity index (χ2v) is 7.89. The number of anilines is 2. The summed E-state index contributed by atoms with van der Waals surface area (Å²) in [7, 11) is 0. The summed E-state index contributed by atoms with van der Waals surface area (Å²) < 4.78 is 1.56. The molecule has 0 bridgehead atoms. The molecule has 0 aliphatic heterocycles. The Hall–Kier alpha value is -4.08. The molecule has 0 aliphatic rings. The van der Waals surface area contributed by atoms with Crippen LogP contribution in [0, 0.1) is 0 Å². The standard InChI is InChI=1S/C24H21ClN6O3/c1-15(32)14-28-24-27-11-10-20(30-24)31-13-12-26-22(31)21(33)16-4-8-19(9-5-16)29-23(34)17-2-6-18(25)7-3-17/h2-13,15,32H,14H2,1H3,(H,29,34)(H,27,28,30)/t15-/m0/s1. The molecule has 0 saturated heterocycles. The summed E-state index contributed by atoms with van der Waals surface area (Å²) in [4.78, 5) is 38.2. The number of carbonyl (C=O) groups is 2. The van der Waals surface area contributed by atoms with Gasteiger partial charge in [-0.2, -0.15) is 4.98 Å². The molecule has 4 aromatic rings. The topological polar surface area (TPSA) is 122 Å². The van der Waals surface area contributed by atoms with Gasteiger partial charge in [0.1, 0.15) is 5.82 Å². The summed E-state index contributed by atoms with van der Waals surface area (Å²) in [6, 6.07) is 14.7. The van der Waals surface area contributed by atoms with E-state index in [-0.39, 0.29) is 17.5 Å². The number of hydrogen-bond donors (Lipinski definition) is 3. The van der Waals surface area contributed by atoms with Gasteiger partial charge in [-0.1, -0.05) is 11.6 Å². The molecule has 0 radical (unpaired) electrons. The number of aliphatic hydroxyl groups excluding tert-OH is 1. The first-order chi connectivity index (χ1) is 16.4. The smallest absolute Gasteiger partial charge is 0.255 e. The van der Waals surface area contributed by atoms with Gasteiger partial charge in [0.2, 0.25) is 11.7 Å². The second-order valence-electron chi connectivity index (χ2n) is 7.46. The lowest BCUT2D eigenvalue weighted by molar-refractivity contribution is 0.102. The first-order valence-electron chi connectivity index (χ1n) is 10.4. The average Bonchev–Trinajstić information content (AvgIpc) is 3.33. The normalized spacial score (nSPS) is 11.6. The highest BCUT2D eigenvalue weighted by Crippen LogP contribution is 2.17. The summed E-state index contributed by atoms with van der Waals surface area (Å²) in [6.45, 7) is 1.94. The van der Waals surface area contributed by atoms with Crippen LogP contribution in [0.1, 0.15) is 33.5 Å². The van der Waals surface area contributed by atoms with E-state index >= 15 is 0 Å². The number of amides is 1. The predicted octanol–water partition coefficient (Wildman–Crippen LogP) is 3.59. The van der Waals surface area contributed by atoms with Gasteiger partial charge in [0.25, 0.3) is 5.91 Å². The Kier molecular flexibility index (Phi) is 6.95. The van der Waals surface area contributed by atoms with E-state index in [1.54, 1.807) is 78.5 Å². The van der Waals surface area contributed by atoms with Crippen LogP contribution in [0.25, 0.3) is 5.82 Å². The number of nitrogens with zero attached hydrogens (tertiary/aromatic N) is 4. The molecule has 0 unspecified atom stereocenters. The van der Waals surface area contributed by atoms with E-state index < -0.39 is 6.10 Å². The van der Waals surface area contributed by atoms with Gasteiger partial charge < -0.3 is 15.7 Å². The number of nitrogens with one attached hydrogen (secondary N) is 2. The molecular weight excluding hydrogens is 456 g/mol. The highest BCUT2D eigenvalue weighted by molar-refractivity contribution is 6.30. The quantitative estimate of drug-likeness (QED) is 0.332. The fourth-order valence-corrected chi connectivity index (χ4v) is 3.23. The molecule has 4 rings (SSSR count). The van der Waals surface area contributed by atoms with Crippen LogP contribution < -0.4 is 10.6 Å². The Morgan fingerprint density at radius 1 is 1.00 bits per heavy atom. The minimum absolute atomic E-state index is 0.179. The van der Waals surface area contributed by atoms with Crippen LogP contribution in [-0.2, 0) is 0 Å². The van der Waals surface area contributed by atoms with E-state index in [0.717, 1.165) is 0 Å². The molecule has 9 nitrogen and oxygen atoms in total. The number of imidazole rings is 1. The lowest BCUT2D eigenvalue weighted by Gasteiger charge is -2.10. The lowest BCUT2D eigenvalue weighted by Crippen LogP contribution is -2.18. The van der Waals surface area contributed by atoms with Crippen molar-refractivity contribution in [2.45, 2.75) is 13.0 Å². The summed E-state index contributed by atoms with van der Waals surface area (Å²) in [6.07, 6.45) is 4.14. The maximum absolute atomic E-state index is 13.1. The van der Waals surface area contributed by atoms with Crippen molar-refractivity contribution in [1.82, 2.24) is 19.5 Å². The molecule has 2 aromatic heterocycles. The number of halogens is 1. The Labute approximate surface area is 200 Å². The third-order valence-corrected chi connectivity index (χ3v) is 5.05. The Balaban J connectivity index is 1.49. The minimum Gasteiger partial charge on any atom is -0.392 e. The van der Waals surface area contributed by atoms with Gasteiger partial charge in [-0.25, -0.2) is 9.97 Å². The van der Waals surface area contributed by atoms with E-state index in [4.69, 9.17) is 11.6 Å². The van der Waals surface area contributed by atoms with Crippen molar-refractivity contribution < 1.29 is 14.7 Å². The van der Waals surface area contributed by atoms with Crippen molar-refractivity contribution in [2.24, 2.45) is 0 Å². The van der Waals surface area contributed by atoms with Crippen LogP contribution in [0.3, 0.4) is 0 Å². The number of aliphatic hydroxyl groups is 1. The maximum atomic E-state index is 13.1. The second kappa shape index (κ2) is 10.2. The zero-order valence-electron chi connectivity index (χ0n) is 18.1. The fraction of sp³-hybridized carbons (Fsp3) is 0.125. The zero-order valence-corrected chi connectivity index (χ0v) is 18.9. The van der Waals surface area contributed by atoms with Crippen LogP contribution in [0.2, 0.25) is 5.02 Å². The van der Waals surface area contributed by atoms with E-state index in [0.29, 0.717) is 40.1 Å².